The molecule has 0 aliphatic carbocycles. The van der Waals surface area contributed by atoms with Crippen LogP contribution in [0.5, 0.6) is 0 Å². The summed E-state index contributed by atoms with van der Waals surface area (Å²) in [5, 5.41) is 0.470. The molecule has 0 aliphatic heterocycles. The molecule has 0 saturated heterocycles. The molecule has 0 spiro atoms. The number of nitrogens with one attached hydrogen (secondary N) is 1. The van der Waals surface area contributed by atoms with E-state index in [-0.39, 0.29) is 5.89 Å². The predicted octanol–water partition coefficient (Wildman–Crippen LogP) is 1.58. The lowest BCUT2D eigenvalue weighted by Crippen LogP contribution is -2.03. The topological polar surface area (TPSA) is 71.8 Å². The zero-order valence-electron chi connectivity index (χ0n) is 8.18. The van der Waals surface area contributed by atoms with Crippen LogP contribution in [0.1, 0.15) is 0 Å². The number of hydrogen-bond acceptors (Lipinski definition) is 4. The summed E-state index contributed by atoms with van der Waals surface area (Å²) in [5.74, 6) is 0.650. The van der Waals surface area contributed by atoms with E-state index < -0.39 is 5.63 Å². The summed E-state index contributed by atoms with van der Waals surface area (Å²) in [6.07, 6.45) is 3.22. The van der Waals surface area contributed by atoms with Crippen molar-refractivity contribution in [3.63, 3.8) is 0 Å². The van der Waals surface area contributed by atoms with Crippen LogP contribution in [-0.4, -0.2) is 15.0 Å². The SMILES string of the molecule is O=c1oc(-c2ncc[nH]2)nc2ccccc12. The Morgan fingerprint density at radius 2 is 2.12 bits per heavy atom. The lowest BCUT2D eigenvalue weighted by Gasteiger charge is -1.97. The van der Waals surface area contributed by atoms with Crippen molar-refractivity contribution in [2.75, 3.05) is 0 Å². The van der Waals surface area contributed by atoms with Crippen LogP contribution in [-0.2, 0) is 0 Å². The maximum absolute atomic E-state index is 11.6. The molecule has 3 rings (SSSR count). The number of nitrogens with zero attached hydrogens (tertiary/aromatic N) is 2. The summed E-state index contributed by atoms with van der Waals surface area (Å²) in [6.45, 7) is 0. The fraction of sp³-hybridized carbons (Fsp3) is 0. The fourth-order valence-electron chi connectivity index (χ4n) is 1.50. The third kappa shape index (κ3) is 1.30. The molecule has 0 radical (unpaired) electrons. The predicted molar refractivity (Wildman–Crippen MR) is 57.9 cm³/mol. The summed E-state index contributed by atoms with van der Waals surface area (Å²) < 4.78 is 5.07. The number of aromatic amines is 1. The van der Waals surface area contributed by atoms with Crippen molar-refractivity contribution < 1.29 is 4.42 Å². The molecule has 0 atom stereocenters. The van der Waals surface area contributed by atoms with Gasteiger partial charge in [-0.05, 0) is 12.1 Å². The Bertz CT molecular complexity index is 686. The molecule has 0 aliphatic rings. The van der Waals surface area contributed by atoms with E-state index in [1.807, 2.05) is 6.07 Å². The Labute approximate surface area is 89.8 Å². The van der Waals surface area contributed by atoms with Gasteiger partial charge in [-0.1, -0.05) is 12.1 Å². The maximum atomic E-state index is 11.6. The third-order valence-corrected chi connectivity index (χ3v) is 2.24. The molecule has 1 aromatic carbocycles. The third-order valence-electron chi connectivity index (χ3n) is 2.24. The van der Waals surface area contributed by atoms with Crippen LogP contribution in [0.25, 0.3) is 22.6 Å². The second-order valence-corrected chi connectivity index (χ2v) is 3.26. The van der Waals surface area contributed by atoms with Gasteiger partial charge < -0.3 is 9.40 Å². The van der Waals surface area contributed by atoms with Gasteiger partial charge in [-0.2, -0.15) is 0 Å². The second kappa shape index (κ2) is 3.30. The Morgan fingerprint density at radius 3 is 2.94 bits per heavy atom. The van der Waals surface area contributed by atoms with Gasteiger partial charge in [-0.15, -0.1) is 0 Å². The van der Waals surface area contributed by atoms with E-state index in [1.165, 1.54) is 0 Å². The number of rotatable bonds is 1. The summed E-state index contributed by atoms with van der Waals surface area (Å²) >= 11 is 0. The highest BCUT2D eigenvalue weighted by Crippen LogP contribution is 2.13. The first-order valence-electron chi connectivity index (χ1n) is 4.74. The summed E-state index contributed by atoms with van der Waals surface area (Å²) in [7, 11) is 0. The van der Waals surface area contributed by atoms with Crippen LogP contribution in [0.15, 0.2) is 45.9 Å². The zero-order valence-corrected chi connectivity index (χ0v) is 8.18. The number of hydrogen-bond donors (Lipinski definition) is 1. The number of imidazole rings is 1. The lowest BCUT2D eigenvalue weighted by molar-refractivity contribution is 0.514. The number of aromatic nitrogens is 3. The first-order valence-corrected chi connectivity index (χ1v) is 4.74. The molecule has 0 amide bonds. The quantitative estimate of drug-likeness (QED) is 0.666. The van der Waals surface area contributed by atoms with Crippen molar-refractivity contribution in [2.24, 2.45) is 0 Å². The molecular formula is C11H7N3O2. The van der Waals surface area contributed by atoms with Crippen molar-refractivity contribution >= 4 is 10.9 Å². The van der Waals surface area contributed by atoms with Crippen LogP contribution in [0.4, 0.5) is 0 Å². The number of benzene rings is 1. The summed E-state index contributed by atoms with van der Waals surface area (Å²) in [4.78, 5) is 22.7. The standard InChI is InChI=1S/C11H7N3O2/c15-11-7-3-1-2-4-8(7)14-10(16-11)9-12-5-6-13-9/h1-6H,(H,12,13). The van der Waals surface area contributed by atoms with E-state index >= 15 is 0 Å². The first-order chi connectivity index (χ1) is 7.84. The van der Waals surface area contributed by atoms with Gasteiger partial charge in [0.15, 0.2) is 5.82 Å². The average molecular weight is 213 g/mol. The Morgan fingerprint density at radius 1 is 1.25 bits per heavy atom. The van der Waals surface area contributed by atoms with E-state index in [0.717, 1.165) is 0 Å². The number of para-hydroxylation sites is 1. The van der Waals surface area contributed by atoms with E-state index in [4.69, 9.17) is 4.42 Å². The molecule has 78 valence electrons. The number of H-pyrrole nitrogens is 1. The molecule has 3 aromatic rings. The van der Waals surface area contributed by atoms with Gasteiger partial charge in [-0.25, -0.2) is 14.8 Å². The van der Waals surface area contributed by atoms with Gasteiger partial charge >= 0.3 is 5.63 Å². The molecule has 0 saturated carbocycles. The molecule has 0 unspecified atom stereocenters. The molecule has 2 heterocycles. The Kier molecular flexibility index (Phi) is 1.83. The molecule has 16 heavy (non-hydrogen) atoms. The first kappa shape index (κ1) is 8.84. The van der Waals surface area contributed by atoms with Crippen LogP contribution in [0.2, 0.25) is 0 Å². The van der Waals surface area contributed by atoms with Crippen molar-refractivity contribution in [2.45, 2.75) is 0 Å². The van der Waals surface area contributed by atoms with Crippen LogP contribution in [0, 0.1) is 0 Å². The normalized spacial score (nSPS) is 10.8. The van der Waals surface area contributed by atoms with Crippen LogP contribution >= 0.6 is 0 Å². The van der Waals surface area contributed by atoms with E-state index in [9.17, 15) is 4.79 Å². The Hall–Kier alpha value is -2.43. The monoisotopic (exact) mass is 213 g/mol. The molecule has 1 N–H and O–H groups in total. The minimum absolute atomic E-state index is 0.202. The molecule has 0 bridgehead atoms. The largest absolute Gasteiger partial charge is 0.400 e. The van der Waals surface area contributed by atoms with Crippen molar-refractivity contribution in [3.05, 3.63) is 47.1 Å². The van der Waals surface area contributed by atoms with E-state index in [2.05, 4.69) is 15.0 Å². The summed E-state index contributed by atoms with van der Waals surface area (Å²) in [6, 6.07) is 7.03. The fourth-order valence-corrected chi connectivity index (χ4v) is 1.50. The highest BCUT2D eigenvalue weighted by molar-refractivity contribution is 5.77. The molecule has 2 aromatic heterocycles. The maximum Gasteiger partial charge on any atom is 0.347 e. The molecule has 0 fully saturated rings. The van der Waals surface area contributed by atoms with E-state index in [0.29, 0.717) is 16.7 Å². The minimum Gasteiger partial charge on any atom is -0.400 e. The van der Waals surface area contributed by atoms with Crippen molar-refractivity contribution in [3.8, 4) is 11.7 Å². The Balaban J connectivity index is 2.34. The molecule has 5 heteroatoms. The highest BCUT2D eigenvalue weighted by atomic mass is 16.4. The average Bonchev–Trinajstić information content (AvgIpc) is 2.82. The van der Waals surface area contributed by atoms with Gasteiger partial charge in [0.1, 0.15) is 0 Å². The molecule has 5 nitrogen and oxygen atoms in total. The minimum atomic E-state index is -0.406. The summed E-state index contributed by atoms with van der Waals surface area (Å²) in [5.41, 5.74) is 0.196. The van der Waals surface area contributed by atoms with Crippen LogP contribution in [0.3, 0.4) is 0 Å². The van der Waals surface area contributed by atoms with Gasteiger partial charge in [0, 0.05) is 12.4 Å². The van der Waals surface area contributed by atoms with Gasteiger partial charge in [-0.3, -0.25) is 0 Å². The van der Waals surface area contributed by atoms with Gasteiger partial charge in [0.05, 0.1) is 10.9 Å². The zero-order chi connectivity index (χ0) is 11.0. The van der Waals surface area contributed by atoms with Crippen molar-refractivity contribution in [1.82, 2.24) is 15.0 Å². The van der Waals surface area contributed by atoms with E-state index in [1.54, 1.807) is 30.6 Å². The van der Waals surface area contributed by atoms with Gasteiger partial charge in [0.25, 0.3) is 5.89 Å². The van der Waals surface area contributed by atoms with Crippen LogP contribution < -0.4 is 5.63 Å². The lowest BCUT2D eigenvalue weighted by atomic mass is 10.2. The smallest absolute Gasteiger partial charge is 0.347 e. The second-order valence-electron chi connectivity index (χ2n) is 3.26. The van der Waals surface area contributed by atoms with Crippen molar-refractivity contribution in [1.29, 1.82) is 0 Å². The highest BCUT2D eigenvalue weighted by Gasteiger charge is 2.08. The molecular weight excluding hydrogens is 206 g/mol. The van der Waals surface area contributed by atoms with Gasteiger partial charge in [0.2, 0.25) is 0 Å². The number of fused-ring (bicyclic) bond motifs is 1.